The van der Waals surface area contributed by atoms with Crippen LogP contribution in [0.15, 0.2) is 0 Å². The molecule has 1 aliphatic heterocycles. The Kier molecular flexibility index (Phi) is 5.28. The van der Waals surface area contributed by atoms with E-state index >= 15 is 0 Å². The van der Waals surface area contributed by atoms with E-state index in [1.165, 1.54) is 58.3 Å². The van der Waals surface area contributed by atoms with Crippen molar-refractivity contribution in [3.63, 3.8) is 0 Å². The molecule has 0 aromatic heterocycles. The summed E-state index contributed by atoms with van der Waals surface area (Å²) in [4.78, 5) is 2.57. The van der Waals surface area contributed by atoms with Crippen molar-refractivity contribution in [2.45, 2.75) is 51.0 Å². The average molecular weight is 235 g/mol. The van der Waals surface area contributed by atoms with Gasteiger partial charge in [-0.3, -0.25) is 0 Å². The molecule has 2 fully saturated rings. The lowest BCUT2D eigenvalue weighted by atomic mass is 9.96. The molecule has 1 saturated heterocycles. The standard InChI is InChI=1S/C14H25N3/c15-8-2-1-3-9-17-10-6-13(7-11-17)12-16-14-4-5-14/h13-14,16H,1-7,9-12H2. The Morgan fingerprint density at radius 2 is 1.88 bits per heavy atom. The molecular weight excluding hydrogens is 210 g/mol. The van der Waals surface area contributed by atoms with Crippen LogP contribution in [-0.2, 0) is 0 Å². The van der Waals surface area contributed by atoms with E-state index in [0.29, 0.717) is 0 Å². The van der Waals surface area contributed by atoms with Crippen LogP contribution >= 0.6 is 0 Å². The van der Waals surface area contributed by atoms with Crippen LogP contribution < -0.4 is 5.32 Å². The number of nitrogens with one attached hydrogen (secondary N) is 1. The normalized spacial score (nSPS) is 22.5. The minimum absolute atomic E-state index is 0.724. The summed E-state index contributed by atoms with van der Waals surface area (Å²) in [5.41, 5.74) is 0. The zero-order valence-electron chi connectivity index (χ0n) is 10.8. The van der Waals surface area contributed by atoms with Gasteiger partial charge in [-0.05, 0) is 70.6 Å². The lowest BCUT2D eigenvalue weighted by molar-refractivity contribution is 0.179. The molecule has 0 radical (unpaired) electrons. The fourth-order valence-corrected chi connectivity index (χ4v) is 2.57. The Morgan fingerprint density at radius 1 is 1.12 bits per heavy atom. The molecule has 1 heterocycles. The van der Waals surface area contributed by atoms with Crippen molar-refractivity contribution in [1.29, 1.82) is 5.26 Å². The van der Waals surface area contributed by atoms with Gasteiger partial charge in [0.15, 0.2) is 0 Å². The van der Waals surface area contributed by atoms with E-state index in [1.807, 2.05) is 0 Å². The number of hydrogen-bond acceptors (Lipinski definition) is 3. The quantitative estimate of drug-likeness (QED) is 0.687. The summed E-state index contributed by atoms with van der Waals surface area (Å²) in [5, 5.41) is 12.1. The van der Waals surface area contributed by atoms with Crippen LogP contribution in [0.3, 0.4) is 0 Å². The summed E-state index contributed by atoms with van der Waals surface area (Å²) in [5.74, 6) is 0.908. The van der Waals surface area contributed by atoms with Crippen LogP contribution in [0.5, 0.6) is 0 Å². The molecule has 2 rings (SSSR count). The predicted molar refractivity (Wildman–Crippen MR) is 69.7 cm³/mol. The van der Waals surface area contributed by atoms with Crippen LogP contribution in [0, 0.1) is 17.2 Å². The molecular formula is C14H25N3. The van der Waals surface area contributed by atoms with Gasteiger partial charge in [-0.25, -0.2) is 0 Å². The highest BCUT2D eigenvalue weighted by atomic mass is 15.1. The maximum absolute atomic E-state index is 8.48. The van der Waals surface area contributed by atoms with E-state index in [1.54, 1.807) is 0 Å². The molecule has 2 aliphatic rings. The van der Waals surface area contributed by atoms with Gasteiger partial charge < -0.3 is 10.2 Å². The summed E-state index contributed by atoms with van der Waals surface area (Å²) in [6.45, 7) is 4.98. The minimum atomic E-state index is 0.724. The molecule has 1 saturated carbocycles. The van der Waals surface area contributed by atoms with Gasteiger partial charge in [0.05, 0.1) is 6.07 Å². The number of unbranched alkanes of at least 4 members (excludes halogenated alkanes) is 2. The second-order valence-corrected chi connectivity index (χ2v) is 5.58. The van der Waals surface area contributed by atoms with Crippen molar-refractivity contribution in [1.82, 2.24) is 10.2 Å². The van der Waals surface area contributed by atoms with Crippen molar-refractivity contribution in [3.05, 3.63) is 0 Å². The van der Waals surface area contributed by atoms with E-state index < -0.39 is 0 Å². The minimum Gasteiger partial charge on any atom is -0.314 e. The third kappa shape index (κ3) is 5.06. The maximum Gasteiger partial charge on any atom is 0.0621 e. The summed E-state index contributed by atoms with van der Waals surface area (Å²) >= 11 is 0. The summed E-state index contributed by atoms with van der Waals surface area (Å²) in [6, 6.07) is 3.08. The highest BCUT2D eigenvalue weighted by molar-refractivity contribution is 4.83. The molecule has 0 unspecified atom stereocenters. The van der Waals surface area contributed by atoms with E-state index in [2.05, 4.69) is 16.3 Å². The van der Waals surface area contributed by atoms with Crippen molar-refractivity contribution in [2.24, 2.45) is 5.92 Å². The largest absolute Gasteiger partial charge is 0.314 e. The van der Waals surface area contributed by atoms with Crippen molar-refractivity contribution < 1.29 is 0 Å². The maximum atomic E-state index is 8.48. The van der Waals surface area contributed by atoms with Gasteiger partial charge in [0.2, 0.25) is 0 Å². The van der Waals surface area contributed by atoms with Crippen molar-refractivity contribution >= 4 is 0 Å². The lowest BCUT2D eigenvalue weighted by Crippen LogP contribution is -2.38. The smallest absolute Gasteiger partial charge is 0.0621 e. The molecule has 0 aromatic rings. The van der Waals surface area contributed by atoms with Gasteiger partial charge in [0, 0.05) is 12.5 Å². The molecule has 1 aliphatic carbocycles. The molecule has 17 heavy (non-hydrogen) atoms. The Bertz CT molecular complexity index is 247. The first kappa shape index (κ1) is 12.9. The van der Waals surface area contributed by atoms with Gasteiger partial charge in [-0.1, -0.05) is 0 Å². The Labute approximate surface area is 105 Å². The monoisotopic (exact) mass is 235 g/mol. The van der Waals surface area contributed by atoms with Crippen LogP contribution in [-0.4, -0.2) is 37.1 Å². The van der Waals surface area contributed by atoms with E-state index in [0.717, 1.165) is 24.8 Å². The first-order chi connectivity index (χ1) is 8.38. The number of nitriles is 1. The molecule has 1 N–H and O–H groups in total. The fourth-order valence-electron chi connectivity index (χ4n) is 2.57. The molecule has 3 nitrogen and oxygen atoms in total. The van der Waals surface area contributed by atoms with Crippen LogP contribution in [0.2, 0.25) is 0 Å². The zero-order chi connectivity index (χ0) is 11.9. The van der Waals surface area contributed by atoms with Crippen molar-refractivity contribution in [3.8, 4) is 6.07 Å². The number of hydrogen-bond donors (Lipinski definition) is 1. The molecule has 3 heteroatoms. The van der Waals surface area contributed by atoms with Gasteiger partial charge in [-0.2, -0.15) is 5.26 Å². The van der Waals surface area contributed by atoms with E-state index in [9.17, 15) is 0 Å². The number of piperidine rings is 1. The third-order valence-corrected chi connectivity index (χ3v) is 3.99. The second-order valence-electron chi connectivity index (χ2n) is 5.58. The topological polar surface area (TPSA) is 39.1 Å². The Morgan fingerprint density at radius 3 is 2.53 bits per heavy atom. The highest BCUT2D eigenvalue weighted by Gasteiger charge is 2.23. The molecule has 0 aromatic carbocycles. The van der Waals surface area contributed by atoms with Gasteiger partial charge in [0.1, 0.15) is 0 Å². The Hall–Kier alpha value is -0.590. The predicted octanol–water partition coefficient (Wildman–Crippen LogP) is 2.14. The van der Waals surface area contributed by atoms with Crippen LogP contribution in [0.25, 0.3) is 0 Å². The summed E-state index contributed by atoms with van der Waals surface area (Å²) < 4.78 is 0. The highest BCUT2D eigenvalue weighted by Crippen LogP contribution is 2.21. The Balaban J connectivity index is 1.49. The number of nitrogens with zero attached hydrogens (tertiary/aromatic N) is 2. The summed E-state index contributed by atoms with van der Waals surface area (Å²) in [6.07, 6.45) is 8.51. The fraction of sp³-hybridized carbons (Fsp3) is 0.929. The SMILES string of the molecule is N#CCCCCN1CCC(CNC2CC2)CC1. The molecule has 96 valence electrons. The zero-order valence-corrected chi connectivity index (χ0v) is 10.8. The average Bonchev–Trinajstić information content (AvgIpc) is 3.18. The number of rotatable bonds is 7. The first-order valence-corrected chi connectivity index (χ1v) is 7.21. The van der Waals surface area contributed by atoms with Gasteiger partial charge in [-0.15, -0.1) is 0 Å². The third-order valence-electron chi connectivity index (χ3n) is 3.99. The molecule has 0 bridgehead atoms. The first-order valence-electron chi connectivity index (χ1n) is 7.21. The summed E-state index contributed by atoms with van der Waals surface area (Å²) in [7, 11) is 0. The second kappa shape index (κ2) is 6.98. The lowest BCUT2D eigenvalue weighted by Gasteiger charge is -2.32. The van der Waals surface area contributed by atoms with Crippen LogP contribution in [0.4, 0.5) is 0 Å². The van der Waals surface area contributed by atoms with Gasteiger partial charge in [0.25, 0.3) is 0 Å². The van der Waals surface area contributed by atoms with E-state index in [4.69, 9.17) is 5.26 Å². The molecule has 0 amide bonds. The molecule has 0 spiro atoms. The molecule has 0 atom stereocenters. The van der Waals surface area contributed by atoms with Crippen molar-refractivity contribution in [2.75, 3.05) is 26.2 Å². The number of likely N-dealkylation sites (tertiary alicyclic amines) is 1. The van der Waals surface area contributed by atoms with Gasteiger partial charge >= 0.3 is 0 Å². The van der Waals surface area contributed by atoms with Crippen LogP contribution in [0.1, 0.15) is 44.9 Å². The van der Waals surface area contributed by atoms with E-state index in [-0.39, 0.29) is 0 Å².